The molecule has 4 rings (SSSR count). The van der Waals surface area contributed by atoms with Gasteiger partial charge in [-0.2, -0.15) is 23.5 Å². The molecule has 0 aliphatic rings. The lowest BCUT2D eigenvalue weighted by Gasteiger charge is -2.15. The van der Waals surface area contributed by atoms with Crippen molar-refractivity contribution < 1.29 is 31.4 Å². The Morgan fingerprint density at radius 3 is 2.37 bits per heavy atom. The molecule has 2 aromatic heterocycles. The molecule has 0 aliphatic heterocycles. The fraction of sp³-hybridized carbons (Fsp3) is 0.192. The molecule has 0 radical (unpaired) electrons. The Morgan fingerprint density at radius 1 is 1.05 bits per heavy atom. The minimum atomic E-state index is -5.19. The van der Waals surface area contributed by atoms with Crippen LogP contribution in [0.2, 0.25) is 5.02 Å². The van der Waals surface area contributed by atoms with Gasteiger partial charge in [-0.25, -0.2) is 18.9 Å². The molecule has 0 fully saturated rings. The van der Waals surface area contributed by atoms with Crippen LogP contribution in [-0.4, -0.2) is 27.3 Å². The summed E-state index contributed by atoms with van der Waals surface area (Å²) in [6.07, 6.45) is -9.31. The lowest BCUT2D eigenvalue weighted by Crippen LogP contribution is -2.24. The van der Waals surface area contributed by atoms with E-state index in [1.165, 1.54) is 13.2 Å². The number of rotatable bonds is 8. The monoisotopic (exact) mass is 593 g/mol. The predicted octanol–water partition coefficient (Wildman–Crippen LogP) is 5.32. The van der Waals surface area contributed by atoms with Crippen molar-refractivity contribution in [3.63, 3.8) is 0 Å². The molecule has 41 heavy (non-hydrogen) atoms. The van der Waals surface area contributed by atoms with Crippen LogP contribution in [0.5, 0.6) is 17.2 Å². The first kappa shape index (κ1) is 29.2. The smallest absolute Gasteiger partial charge is 0.437 e. The number of nitrogens with zero attached hydrogens (tertiary/aromatic N) is 3. The van der Waals surface area contributed by atoms with Gasteiger partial charge in [0.05, 0.1) is 36.4 Å². The van der Waals surface area contributed by atoms with Crippen molar-refractivity contribution in [2.75, 3.05) is 7.11 Å². The molecule has 0 saturated carbocycles. The van der Waals surface area contributed by atoms with Gasteiger partial charge in [0.1, 0.15) is 17.3 Å². The summed E-state index contributed by atoms with van der Waals surface area (Å²) in [5.74, 6) is -1.66. The summed E-state index contributed by atoms with van der Waals surface area (Å²) in [6.45, 7) is 0. The normalized spacial score (nSPS) is 11.4. The highest BCUT2D eigenvalue weighted by molar-refractivity contribution is 6.30. The Balaban J connectivity index is 1.79. The summed E-state index contributed by atoms with van der Waals surface area (Å²) in [4.78, 5) is 30.6. The van der Waals surface area contributed by atoms with Crippen molar-refractivity contribution in [1.29, 1.82) is 5.26 Å². The van der Waals surface area contributed by atoms with Crippen molar-refractivity contribution in [3.05, 3.63) is 108 Å². The molecule has 0 atom stereocenters. The number of nitrogens with one attached hydrogen (secondary N) is 2. The molecular weight excluding hydrogens is 577 g/mol. The molecule has 0 aliphatic carbocycles. The maximum atomic E-state index is 14.0. The van der Waals surface area contributed by atoms with Crippen LogP contribution in [0.15, 0.2) is 52.1 Å². The van der Waals surface area contributed by atoms with Crippen LogP contribution in [-0.2, 0) is 19.0 Å². The number of aromatic nitrogens is 4. The van der Waals surface area contributed by atoms with E-state index < -0.39 is 53.0 Å². The van der Waals surface area contributed by atoms with Crippen molar-refractivity contribution in [3.8, 4) is 23.3 Å². The molecule has 0 amide bonds. The van der Waals surface area contributed by atoms with Crippen LogP contribution in [0.1, 0.15) is 45.9 Å². The van der Waals surface area contributed by atoms with Crippen LogP contribution in [0.4, 0.5) is 22.0 Å². The van der Waals surface area contributed by atoms with Gasteiger partial charge in [0.25, 0.3) is 17.5 Å². The van der Waals surface area contributed by atoms with Gasteiger partial charge in [-0.15, -0.1) is 0 Å². The van der Waals surface area contributed by atoms with Gasteiger partial charge >= 0.3 is 6.18 Å². The molecule has 212 valence electrons. The summed E-state index contributed by atoms with van der Waals surface area (Å²) in [5.41, 5.74) is -5.21. The Morgan fingerprint density at radius 2 is 1.76 bits per heavy atom. The number of aromatic amines is 2. The second-order valence-electron chi connectivity index (χ2n) is 8.47. The lowest BCUT2D eigenvalue weighted by molar-refractivity contribution is -0.142. The minimum Gasteiger partial charge on any atom is -0.497 e. The molecule has 9 nitrogen and oxygen atoms in total. The van der Waals surface area contributed by atoms with Crippen molar-refractivity contribution in [2.45, 2.75) is 25.4 Å². The van der Waals surface area contributed by atoms with E-state index in [2.05, 4.69) is 15.1 Å². The summed E-state index contributed by atoms with van der Waals surface area (Å²) in [7, 11) is 1.43. The summed E-state index contributed by atoms with van der Waals surface area (Å²) in [6, 6.07) is 11.4. The molecule has 2 heterocycles. The minimum absolute atomic E-state index is 0.0306. The molecule has 0 bridgehead atoms. The largest absolute Gasteiger partial charge is 0.497 e. The van der Waals surface area contributed by atoms with E-state index >= 15 is 0 Å². The Labute approximate surface area is 232 Å². The Bertz CT molecular complexity index is 1750. The fourth-order valence-electron chi connectivity index (χ4n) is 3.90. The van der Waals surface area contributed by atoms with Gasteiger partial charge < -0.3 is 14.5 Å². The lowest BCUT2D eigenvalue weighted by atomic mass is 9.98. The van der Waals surface area contributed by atoms with Gasteiger partial charge in [0.15, 0.2) is 5.69 Å². The Hall–Kier alpha value is -4.77. The van der Waals surface area contributed by atoms with Crippen LogP contribution in [0.25, 0.3) is 0 Å². The van der Waals surface area contributed by atoms with Gasteiger partial charge in [0, 0.05) is 11.4 Å². The van der Waals surface area contributed by atoms with E-state index in [1.807, 2.05) is 5.10 Å². The molecule has 15 heteroatoms. The molecular formula is C26H17ClF5N5O4. The zero-order chi connectivity index (χ0) is 29.9. The number of hydrogen-bond donors (Lipinski definition) is 2. The third-order valence-electron chi connectivity index (χ3n) is 5.72. The van der Waals surface area contributed by atoms with Crippen molar-refractivity contribution in [1.82, 2.24) is 20.2 Å². The number of halogens is 6. The van der Waals surface area contributed by atoms with Crippen LogP contribution >= 0.6 is 11.6 Å². The van der Waals surface area contributed by atoms with E-state index in [4.69, 9.17) is 26.3 Å². The number of alkyl halides is 5. The first-order valence-corrected chi connectivity index (χ1v) is 11.9. The highest BCUT2D eigenvalue weighted by atomic mass is 35.5. The number of hydrogen-bond acceptors (Lipinski definition) is 7. The summed E-state index contributed by atoms with van der Waals surface area (Å²) >= 11 is 5.87. The standard InChI is InChI=1S/C26H17ClF5N5O4/c1-40-15-4-2-12(3-5-15)8-17-18(36-37-24(38)20(17)23(28)29)10-19-34-22(26(30,31)32)21(25(39)35-19)41-16-7-13(11-33)6-14(27)9-16/h2-7,9,23H,8,10H2,1H3,(H,37,38)(H,34,35,39). The highest BCUT2D eigenvalue weighted by Crippen LogP contribution is 2.35. The predicted molar refractivity (Wildman–Crippen MR) is 135 cm³/mol. The molecule has 2 N–H and O–H groups in total. The molecule has 2 aromatic carbocycles. The van der Waals surface area contributed by atoms with E-state index in [0.29, 0.717) is 11.3 Å². The number of ether oxygens (including phenoxy) is 2. The molecule has 4 aromatic rings. The second-order valence-corrected chi connectivity index (χ2v) is 8.91. The first-order chi connectivity index (χ1) is 19.4. The van der Waals surface area contributed by atoms with Crippen molar-refractivity contribution >= 4 is 11.6 Å². The highest BCUT2D eigenvalue weighted by Gasteiger charge is 2.39. The number of methoxy groups -OCH3 is 1. The van der Waals surface area contributed by atoms with Crippen LogP contribution < -0.4 is 20.6 Å². The van der Waals surface area contributed by atoms with Crippen molar-refractivity contribution in [2.24, 2.45) is 0 Å². The zero-order valence-corrected chi connectivity index (χ0v) is 21.5. The van der Waals surface area contributed by atoms with Gasteiger partial charge in [0.2, 0.25) is 5.75 Å². The van der Waals surface area contributed by atoms with E-state index in [-0.39, 0.29) is 34.0 Å². The second kappa shape index (κ2) is 11.8. The third kappa shape index (κ3) is 6.69. The van der Waals surface area contributed by atoms with Gasteiger partial charge in [-0.1, -0.05) is 23.7 Å². The average molecular weight is 594 g/mol. The third-order valence-corrected chi connectivity index (χ3v) is 5.94. The van der Waals surface area contributed by atoms with Crippen LogP contribution in [0, 0.1) is 11.3 Å². The van der Waals surface area contributed by atoms with E-state index in [9.17, 15) is 31.5 Å². The molecule has 0 spiro atoms. The number of nitriles is 1. The zero-order valence-electron chi connectivity index (χ0n) is 20.8. The summed E-state index contributed by atoms with van der Waals surface area (Å²) < 4.78 is 80.0. The average Bonchev–Trinajstić information content (AvgIpc) is 2.90. The number of benzene rings is 2. The van der Waals surface area contributed by atoms with E-state index in [0.717, 1.165) is 12.1 Å². The van der Waals surface area contributed by atoms with Gasteiger partial charge in [-0.05, 0) is 41.5 Å². The summed E-state index contributed by atoms with van der Waals surface area (Å²) in [5, 5.41) is 14.7. The topological polar surface area (TPSA) is 134 Å². The van der Waals surface area contributed by atoms with E-state index in [1.54, 1.807) is 30.3 Å². The fourth-order valence-corrected chi connectivity index (χ4v) is 4.13. The van der Waals surface area contributed by atoms with Gasteiger partial charge in [-0.3, -0.25) is 9.59 Å². The Kier molecular flexibility index (Phi) is 8.39. The number of H-pyrrole nitrogens is 2. The maximum absolute atomic E-state index is 14.0. The molecule has 0 unspecified atom stereocenters. The SMILES string of the molecule is COc1ccc(Cc2c(Cc3nc(C(F)(F)F)c(Oc4cc(Cl)cc(C#N)c4)c(=O)[nH]3)n[nH]c(=O)c2C(F)F)cc1. The maximum Gasteiger partial charge on any atom is 0.437 e. The quantitative estimate of drug-likeness (QED) is 0.264. The first-order valence-electron chi connectivity index (χ1n) is 11.5. The molecule has 0 saturated heterocycles. The van der Waals surface area contributed by atoms with Crippen LogP contribution in [0.3, 0.4) is 0 Å².